The van der Waals surface area contributed by atoms with E-state index in [2.05, 4.69) is 5.10 Å². The SMILES string of the molecule is Cn1c(=O)[nH]n(C2C=CCC2)c1=O. The highest BCUT2D eigenvalue weighted by atomic mass is 16.2. The first-order valence-corrected chi connectivity index (χ1v) is 4.24. The maximum Gasteiger partial charge on any atom is 0.347 e. The molecule has 0 aliphatic heterocycles. The molecule has 5 heteroatoms. The molecular weight excluding hydrogens is 170 g/mol. The molecule has 0 aromatic carbocycles. The third kappa shape index (κ3) is 1.16. The molecule has 1 aromatic rings. The van der Waals surface area contributed by atoms with Crippen LogP contribution in [0.3, 0.4) is 0 Å². The molecule has 0 spiro atoms. The number of hydrogen-bond donors (Lipinski definition) is 1. The Morgan fingerprint density at radius 1 is 1.54 bits per heavy atom. The molecule has 0 radical (unpaired) electrons. The topological polar surface area (TPSA) is 59.8 Å². The first kappa shape index (κ1) is 8.10. The summed E-state index contributed by atoms with van der Waals surface area (Å²) < 4.78 is 2.46. The highest BCUT2D eigenvalue weighted by molar-refractivity contribution is 4.99. The summed E-state index contributed by atoms with van der Waals surface area (Å²) in [5, 5.41) is 2.51. The Kier molecular flexibility index (Phi) is 1.72. The fourth-order valence-electron chi connectivity index (χ4n) is 1.53. The van der Waals surface area contributed by atoms with Crippen molar-refractivity contribution in [3.05, 3.63) is 33.1 Å². The molecule has 1 unspecified atom stereocenters. The van der Waals surface area contributed by atoms with Crippen LogP contribution in [0.2, 0.25) is 0 Å². The van der Waals surface area contributed by atoms with Crippen LogP contribution in [0.15, 0.2) is 21.7 Å². The first-order chi connectivity index (χ1) is 6.20. The largest absolute Gasteiger partial charge is 0.347 e. The normalized spacial score (nSPS) is 21.2. The highest BCUT2D eigenvalue weighted by Gasteiger charge is 2.15. The van der Waals surface area contributed by atoms with Gasteiger partial charge in [-0.05, 0) is 12.8 Å². The molecule has 0 fully saturated rings. The van der Waals surface area contributed by atoms with Gasteiger partial charge in [0.1, 0.15) is 0 Å². The van der Waals surface area contributed by atoms with E-state index in [0.29, 0.717) is 0 Å². The van der Waals surface area contributed by atoms with Crippen molar-refractivity contribution >= 4 is 0 Å². The lowest BCUT2D eigenvalue weighted by Gasteiger charge is -2.05. The average molecular weight is 181 g/mol. The molecule has 0 bridgehead atoms. The van der Waals surface area contributed by atoms with Crippen molar-refractivity contribution < 1.29 is 0 Å². The molecular formula is C8H11N3O2. The Hall–Kier alpha value is -1.52. The molecule has 0 saturated heterocycles. The number of rotatable bonds is 1. The molecule has 1 N–H and O–H groups in total. The van der Waals surface area contributed by atoms with Gasteiger partial charge >= 0.3 is 11.4 Å². The van der Waals surface area contributed by atoms with Gasteiger partial charge in [0.25, 0.3) is 0 Å². The van der Waals surface area contributed by atoms with Gasteiger partial charge in [-0.15, -0.1) is 0 Å². The quantitative estimate of drug-likeness (QED) is 0.608. The van der Waals surface area contributed by atoms with E-state index in [-0.39, 0.29) is 17.4 Å². The third-order valence-electron chi connectivity index (χ3n) is 2.33. The Morgan fingerprint density at radius 3 is 2.77 bits per heavy atom. The van der Waals surface area contributed by atoms with E-state index in [1.807, 2.05) is 12.2 Å². The molecule has 1 aliphatic carbocycles. The van der Waals surface area contributed by atoms with Gasteiger partial charge in [-0.1, -0.05) is 12.2 Å². The van der Waals surface area contributed by atoms with E-state index in [0.717, 1.165) is 17.4 Å². The first-order valence-electron chi connectivity index (χ1n) is 4.24. The summed E-state index contributed by atoms with van der Waals surface area (Å²) in [6, 6.07) is 0.0291. The molecule has 13 heavy (non-hydrogen) atoms. The number of aromatic amines is 1. The van der Waals surface area contributed by atoms with Crippen LogP contribution in [0.4, 0.5) is 0 Å². The lowest BCUT2D eigenvalue weighted by Crippen LogP contribution is -2.27. The lowest BCUT2D eigenvalue weighted by atomic mass is 10.3. The predicted molar refractivity (Wildman–Crippen MR) is 47.7 cm³/mol. The summed E-state index contributed by atoms with van der Waals surface area (Å²) in [6.45, 7) is 0. The fourth-order valence-corrected chi connectivity index (χ4v) is 1.53. The summed E-state index contributed by atoms with van der Waals surface area (Å²) in [5.74, 6) is 0. The molecule has 70 valence electrons. The van der Waals surface area contributed by atoms with Crippen LogP contribution in [0.25, 0.3) is 0 Å². The molecule has 5 nitrogen and oxygen atoms in total. The van der Waals surface area contributed by atoms with Crippen molar-refractivity contribution in [3.63, 3.8) is 0 Å². The van der Waals surface area contributed by atoms with Crippen LogP contribution < -0.4 is 11.4 Å². The summed E-state index contributed by atoms with van der Waals surface area (Å²) in [7, 11) is 1.47. The van der Waals surface area contributed by atoms with Crippen molar-refractivity contribution in [3.8, 4) is 0 Å². The minimum absolute atomic E-state index is 0.0291. The maximum atomic E-state index is 11.4. The van der Waals surface area contributed by atoms with E-state index < -0.39 is 0 Å². The van der Waals surface area contributed by atoms with Crippen molar-refractivity contribution in [2.75, 3.05) is 0 Å². The number of nitrogens with one attached hydrogen (secondary N) is 1. The van der Waals surface area contributed by atoms with Gasteiger partial charge in [0.05, 0.1) is 6.04 Å². The third-order valence-corrected chi connectivity index (χ3v) is 2.33. The number of nitrogens with zero attached hydrogens (tertiary/aromatic N) is 2. The number of hydrogen-bond acceptors (Lipinski definition) is 2. The summed E-state index contributed by atoms with van der Waals surface area (Å²) in [4.78, 5) is 22.5. The van der Waals surface area contributed by atoms with Gasteiger partial charge in [0, 0.05) is 7.05 Å². The Labute approximate surface area is 74.3 Å². The number of allylic oxidation sites excluding steroid dienone is 2. The Bertz CT molecular complexity index is 449. The van der Waals surface area contributed by atoms with Gasteiger partial charge in [-0.25, -0.2) is 23.9 Å². The molecule has 0 amide bonds. The fraction of sp³-hybridized carbons (Fsp3) is 0.500. The Morgan fingerprint density at radius 2 is 2.31 bits per heavy atom. The van der Waals surface area contributed by atoms with Crippen molar-refractivity contribution in [2.45, 2.75) is 18.9 Å². The van der Waals surface area contributed by atoms with Crippen molar-refractivity contribution in [1.29, 1.82) is 0 Å². The van der Waals surface area contributed by atoms with Crippen LogP contribution in [0, 0.1) is 0 Å². The van der Waals surface area contributed by atoms with Gasteiger partial charge < -0.3 is 0 Å². The molecule has 0 saturated carbocycles. The second kappa shape index (κ2) is 2.76. The van der Waals surface area contributed by atoms with Gasteiger partial charge in [-0.3, -0.25) is 0 Å². The van der Waals surface area contributed by atoms with Crippen LogP contribution >= 0.6 is 0 Å². The minimum atomic E-state index is -0.356. The van der Waals surface area contributed by atoms with Crippen molar-refractivity contribution in [2.24, 2.45) is 7.05 Å². The highest BCUT2D eigenvalue weighted by Crippen LogP contribution is 2.18. The monoisotopic (exact) mass is 181 g/mol. The predicted octanol–water partition coefficient (Wildman–Crippen LogP) is -0.234. The van der Waals surface area contributed by atoms with Crippen molar-refractivity contribution in [1.82, 2.24) is 14.3 Å². The van der Waals surface area contributed by atoms with Gasteiger partial charge in [0.2, 0.25) is 0 Å². The average Bonchev–Trinajstić information content (AvgIpc) is 2.70. The molecule has 1 heterocycles. The van der Waals surface area contributed by atoms with Crippen LogP contribution in [0.5, 0.6) is 0 Å². The van der Waals surface area contributed by atoms with Gasteiger partial charge in [0.15, 0.2) is 0 Å². The number of aromatic nitrogens is 3. The standard InChI is InChI=1S/C8H11N3O2/c1-10-7(12)9-11(8(10)13)6-4-2-3-5-6/h2,4,6H,3,5H2,1H3,(H,9,12). The molecule has 1 atom stereocenters. The smallest absolute Gasteiger partial charge is 0.246 e. The Balaban J connectivity index is 2.52. The zero-order valence-electron chi connectivity index (χ0n) is 7.36. The van der Waals surface area contributed by atoms with E-state index in [1.54, 1.807) is 0 Å². The summed E-state index contributed by atoms with van der Waals surface area (Å²) in [6.07, 6.45) is 5.81. The number of H-pyrrole nitrogens is 1. The summed E-state index contributed by atoms with van der Waals surface area (Å²) in [5.41, 5.74) is -0.633. The zero-order valence-corrected chi connectivity index (χ0v) is 7.36. The van der Waals surface area contributed by atoms with E-state index in [1.165, 1.54) is 11.7 Å². The van der Waals surface area contributed by atoms with Crippen LogP contribution in [-0.2, 0) is 7.05 Å². The van der Waals surface area contributed by atoms with Crippen LogP contribution in [-0.4, -0.2) is 14.3 Å². The maximum absolute atomic E-state index is 11.4. The summed E-state index contributed by atoms with van der Waals surface area (Å²) >= 11 is 0. The van der Waals surface area contributed by atoms with E-state index in [4.69, 9.17) is 0 Å². The molecule has 2 rings (SSSR count). The lowest BCUT2D eigenvalue weighted by molar-refractivity contribution is 0.506. The second-order valence-electron chi connectivity index (χ2n) is 3.20. The van der Waals surface area contributed by atoms with E-state index >= 15 is 0 Å². The minimum Gasteiger partial charge on any atom is -0.246 e. The van der Waals surface area contributed by atoms with Gasteiger partial charge in [-0.2, -0.15) is 0 Å². The second-order valence-corrected chi connectivity index (χ2v) is 3.20. The van der Waals surface area contributed by atoms with Crippen LogP contribution in [0.1, 0.15) is 18.9 Å². The molecule has 1 aliphatic rings. The van der Waals surface area contributed by atoms with E-state index in [9.17, 15) is 9.59 Å². The molecule has 1 aromatic heterocycles. The zero-order chi connectivity index (χ0) is 9.42.